The summed E-state index contributed by atoms with van der Waals surface area (Å²) in [5.41, 5.74) is 1.63. The average molecular weight is 389 g/mol. The van der Waals surface area contributed by atoms with Crippen molar-refractivity contribution in [1.82, 2.24) is 0 Å². The maximum Gasteiger partial charge on any atom is 0.342 e. The third-order valence-electron chi connectivity index (χ3n) is 9.73. The summed E-state index contributed by atoms with van der Waals surface area (Å²) in [7, 11) is 0. The lowest BCUT2D eigenvalue weighted by Gasteiger charge is -2.61. The maximum absolute atomic E-state index is 12.4. The molecular weight excluding hydrogens is 352 g/mol. The predicted octanol–water partition coefficient (Wildman–Crippen LogP) is 5.42. The molecule has 4 saturated carbocycles. The number of allylic oxidation sites excluding steroid dienone is 1. The molecule has 1 N–H and O–H groups in total. The van der Waals surface area contributed by atoms with E-state index >= 15 is 0 Å². The number of hydrogen-bond acceptors (Lipinski definition) is 4. The largest absolute Gasteiger partial charge is 0.342 e. The SMILES string of the molecule is C=C1C[C@H]2[C@@H]3CCC4CC(CC(=O)OO)CC[C@]4(C)[C@H]3CC[C@]2(C)[C@H]1C(C)=O. The van der Waals surface area contributed by atoms with Gasteiger partial charge in [-0.25, -0.2) is 4.79 Å². The fourth-order valence-corrected chi connectivity index (χ4v) is 8.51. The van der Waals surface area contributed by atoms with Crippen LogP contribution in [0.1, 0.15) is 78.6 Å². The predicted molar refractivity (Wildman–Crippen MR) is 107 cm³/mol. The number of carbonyl (C=O) groups is 2. The van der Waals surface area contributed by atoms with Gasteiger partial charge < -0.3 is 4.89 Å². The van der Waals surface area contributed by atoms with Gasteiger partial charge in [0.2, 0.25) is 0 Å². The van der Waals surface area contributed by atoms with Crippen molar-refractivity contribution >= 4 is 11.8 Å². The van der Waals surface area contributed by atoms with Crippen LogP contribution in [0.15, 0.2) is 12.2 Å². The molecule has 4 aliphatic carbocycles. The highest BCUT2D eigenvalue weighted by Crippen LogP contribution is 2.68. The molecule has 0 heterocycles. The minimum atomic E-state index is -0.490. The van der Waals surface area contributed by atoms with Gasteiger partial charge in [-0.2, -0.15) is 5.26 Å². The van der Waals surface area contributed by atoms with Gasteiger partial charge in [-0.3, -0.25) is 4.79 Å². The highest BCUT2D eigenvalue weighted by molar-refractivity contribution is 5.82. The molecule has 0 aromatic rings. The minimum absolute atomic E-state index is 0.0595. The molecule has 0 aliphatic heterocycles. The zero-order valence-corrected chi connectivity index (χ0v) is 17.7. The van der Waals surface area contributed by atoms with Gasteiger partial charge in [-0.05, 0) is 98.7 Å². The molecule has 8 atom stereocenters. The number of hydrogen-bond donors (Lipinski definition) is 1. The summed E-state index contributed by atoms with van der Waals surface area (Å²) in [6.07, 6.45) is 9.53. The molecule has 0 aromatic heterocycles. The molecule has 0 amide bonds. The first-order valence-electron chi connectivity index (χ1n) is 11.2. The summed E-state index contributed by atoms with van der Waals surface area (Å²) in [4.78, 5) is 27.8. The standard InChI is InChI=1S/C24H36O4/c1-14-11-20-18-6-5-17-12-16(13-21(26)28-27)7-9-23(17,3)19(18)8-10-24(20,4)22(14)15(2)25/h16-20,22,27H,1,5-13H2,2-4H3/t16?,17?,18-,19+,20+,22-,23+,24+/m1/s1. The van der Waals surface area contributed by atoms with E-state index in [1.54, 1.807) is 6.92 Å². The molecule has 0 bridgehead atoms. The van der Waals surface area contributed by atoms with E-state index in [2.05, 4.69) is 25.3 Å². The second kappa shape index (κ2) is 6.97. The van der Waals surface area contributed by atoms with Gasteiger partial charge in [0.15, 0.2) is 0 Å². The Morgan fingerprint density at radius 1 is 1.11 bits per heavy atom. The molecule has 0 radical (unpaired) electrons. The van der Waals surface area contributed by atoms with E-state index in [1.807, 2.05) is 0 Å². The van der Waals surface area contributed by atoms with E-state index in [4.69, 9.17) is 5.26 Å². The quantitative estimate of drug-likeness (QED) is 0.398. The first kappa shape index (κ1) is 20.1. The van der Waals surface area contributed by atoms with Crippen LogP contribution in [0.25, 0.3) is 0 Å². The van der Waals surface area contributed by atoms with Crippen LogP contribution in [-0.4, -0.2) is 17.0 Å². The number of rotatable bonds is 3. The molecule has 4 heteroatoms. The fraction of sp³-hybridized carbons (Fsp3) is 0.833. The van der Waals surface area contributed by atoms with Crippen molar-refractivity contribution in [2.24, 2.45) is 46.3 Å². The number of carbonyl (C=O) groups excluding carboxylic acids is 2. The van der Waals surface area contributed by atoms with E-state index in [9.17, 15) is 9.59 Å². The Morgan fingerprint density at radius 2 is 1.82 bits per heavy atom. The van der Waals surface area contributed by atoms with E-state index in [0.717, 1.165) is 31.6 Å². The molecule has 4 aliphatic rings. The van der Waals surface area contributed by atoms with E-state index < -0.39 is 5.97 Å². The third-order valence-corrected chi connectivity index (χ3v) is 9.73. The molecule has 4 nitrogen and oxygen atoms in total. The van der Waals surface area contributed by atoms with Gasteiger partial charge in [0.25, 0.3) is 0 Å². The summed E-state index contributed by atoms with van der Waals surface area (Å²) >= 11 is 0. The summed E-state index contributed by atoms with van der Waals surface area (Å²) < 4.78 is 0. The Kier molecular flexibility index (Phi) is 5.01. The Balaban J connectivity index is 1.54. The lowest BCUT2D eigenvalue weighted by molar-refractivity contribution is -0.236. The number of Topliss-reactive ketones (excluding diaryl/α,β-unsaturated/α-hetero) is 1. The number of fused-ring (bicyclic) bond motifs is 5. The molecule has 0 spiro atoms. The summed E-state index contributed by atoms with van der Waals surface area (Å²) in [6.45, 7) is 10.9. The molecule has 4 fully saturated rings. The highest BCUT2D eigenvalue weighted by Gasteiger charge is 2.61. The van der Waals surface area contributed by atoms with Crippen LogP contribution < -0.4 is 0 Å². The normalized spacial score (nSPS) is 47.6. The topological polar surface area (TPSA) is 63.6 Å². The first-order valence-corrected chi connectivity index (χ1v) is 11.2. The van der Waals surface area contributed by atoms with Crippen LogP contribution in [0.2, 0.25) is 0 Å². The monoisotopic (exact) mass is 388 g/mol. The number of ketones is 1. The molecule has 0 saturated heterocycles. The minimum Gasteiger partial charge on any atom is -0.301 e. The van der Waals surface area contributed by atoms with Gasteiger partial charge >= 0.3 is 5.97 Å². The second-order valence-corrected chi connectivity index (χ2v) is 10.9. The Morgan fingerprint density at radius 3 is 2.50 bits per heavy atom. The molecule has 0 aromatic carbocycles. The average Bonchev–Trinajstić information content (AvgIpc) is 2.92. The lowest BCUT2D eigenvalue weighted by atomic mass is 9.44. The smallest absolute Gasteiger partial charge is 0.301 e. The molecular formula is C24H36O4. The van der Waals surface area contributed by atoms with Crippen molar-refractivity contribution in [3.8, 4) is 0 Å². The van der Waals surface area contributed by atoms with Gasteiger partial charge in [0.05, 0.1) is 6.42 Å². The Bertz CT molecular complexity index is 684. The van der Waals surface area contributed by atoms with E-state index in [-0.39, 0.29) is 11.3 Å². The van der Waals surface area contributed by atoms with Gasteiger partial charge in [0.1, 0.15) is 5.78 Å². The van der Waals surface area contributed by atoms with Crippen LogP contribution in [0.4, 0.5) is 0 Å². The zero-order valence-electron chi connectivity index (χ0n) is 17.7. The van der Waals surface area contributed by atoms with Crippen LogP contribution in [0.3, 0.4) is 0 Å². The fourth-order valence-electron chi connectivity index (χ4n) is 8.51. The molecule has 4 rings (SSSR count). The summed E-state index contributed by atoms with van der Waals surface area (Å²) in [5.74, 6) is 2.93. The van der Waals surface area contributed by atoms with Gasteiger partial charge in [-0.1, -0.05) is 26.0 Å². The Hall–Kier alpha value is -1.16. The van der Waals surface area contributed by atoms with Crippen molar-refractivity contribution < 1.29 is 19.7 Å². The molecule has 2 unspecified atom stereocenters. The van der Waals surface area contributed by atoms with Crippen molar-refractivity contribution in [3.63, 3.8) is 0 Å². The van der Waals surface area contributed by atoms with Gasteiger partial charge in [0, 0.05) is 5.92 Å². The Labute approximate surface area is 169 Å². The van der Waals surface area contributed by atoms with Crippen molar-refractivity contribution in [2.75, 3.05) is 0 Å². The van der Waals surface area contributed by atoms with Crippen molar-refractivity contribution in [2.45, 2.75) is 78.6 Å². The zero-order chi connectivity index (χ0) is 20.3. The van der Waals surface area contributed by atoms with E-state index in [1.165, 1.54) is 31.3 Å². The maximum atomic E-state index is 12.4. The summed E-state index contributed by atoms with van der Waals surface area (Å²) in [6, 6.07) is 0. The van der Waals surface area contributed by atoms with Crippen molar-refractivity contribution in [1.29, 1.82) is 0 Å². The van der Waals surface area contributed by atoms with Crippen LogP contribution in [0, 0.1) is 46.3 Å². The lowest BCUT2D eigenvalue weighted by Crippen LogP contribution is -2.53. The first-order chi connectivity index (χ1) is 13.2. The van der Waals surface area contributed by atoms with Crippen molar-refractivity contribution in [3.05, 3.63) is 12.2 Å². The highest BCUT2D eigenvalue weighted by atomic mass is 17.1. The van der Waals surface area contributed by atoms with Crippen LogP contribution >= 0.6 is 0 Å². The van der Waals surface area contributed by atoms with Crippen LogP contribution in [-0.2, 0) is 14.5 Å². The third kappa shape index (κ3) is 2.89. The van der Waals surface area contributed by atoms with Crippen LogP contribution in [0.5, 0.6) is 0 Å². The van der Waals surface area contributed by atoms with E-state index in [0.29, 0.717) is 41.3 Å². The molecule has 156 valence electrons. The summed E-state index contributed by atoms with van der Waals surface area (Å²) in [5, 5.41) is 8.62. The van der Waals surface area contributed by atoms with Gasteiger partial charge in [-0.15, -0.1) is 0 Å². The molecule has 28 heavy (non-hydrogen) atoms. The second-order valence-electron chi connectivity index (χ2n) is 10.9.